The van der Waals surface area contributed by atoms with E-state index in [9.17, 15) is 14.8 Å². The molecule has 9 nitrogen and oxygen atoms in total. The van der Waals surface area contributed by atoms with Gasteiger partial charge in [0.05, 0.1) is 43.0 Å². The molecular weight excluding hydrogens is 401 g/mol. The number of nitrogens with zero attached hydrogens (tertiary/aromatic N) is 7. The Morgan fingerprint density at radius 1 is 1.23 bits per heavy atom. The molecule has 160 valence electrons. The lowest BCUT2D eigenvalue weighted by atomic mass is 9.82. The molecule has 1 aliphatic carbocycles. The number of aliphatic hydroxyl groups is 1. The van der Waals surface area contributed by atoms with Crippen LogP contribution < -0.4 is 4.90 Å². The van der Waals surface area contributed by atoms with E-state index in [1.807, 2.05) is 10.9 Å². The van der Waals surface area contributed by atoms with Crippen molar-refractivity contribution < 1.29 is 14.2 Å². The standard InChI is InChI=1S/C21H22FN7O2/c22-16-8-25-29-10-17(13-7-24-28(9-13)15-3-6-31-11-15)26-19(18(16)29)27-5-4-21(12-23,20(27)30)14-1-2-14/h7-10,14-15,20,30H,1-6,11H2/t15-,20?,21+/m0/s1. The molecule has 3 aromatic heterocycles. The van der Waals surface area contributed by atoms with Gasteiger partial charge >= 0.3 is 0 Å². The Hall–Kier alpha value is -3.03. The van der Waals surface area contributed by atoms with Gasteiger partial charge in [-0.2, -0.15) is 15.5 Å². The first-order valence-corrected chi connectivity index (χ1v) is 10.6. The van der Waals surface area contributed by atoms with Crippen LogP contribution in [-0.4, -0.2) is 55.5 Å². The highest BCUT2D eigenvalue weighted by molar-refractivity contribution is 5.74. The van der Waals surface area contributed by atoms with Gasteiger partial charge in [-0.25, -0.2) is 13.9 Å². The Labute approximate surface area is 177 Å². The monoisotopic (exact) mass is 423 g/mol. The molecule has 2 saturated heterocycles. The molecule has 1 saturated carbocycles. The Morgan fingerprint density at radius 3 is 2.84 bits per heavy atom. The number of ether oxygens (including phenoxy) is 1. The van der Waals surface area contributed by atoms with Gasteiger partial charge in [-0.3, -0.25) is 4.68 Å². The molecule has 5 heterocycles. The highest BCUT2D eigenvalue weighted by atomic mass is 19.1. The largest absolute Gasteiger partial charge is 0.379 e. The average molecular weight is 423 g/mol. The predicted octanol–water partition coefficient (Wildman–Crippen LogP) is 2.14. The van der Waals surface area contributed by atoms with Crippen LogP contribution in [0.25, 0.3) is 16.8 Å². The minimum absolute atomic E-state index is 0.179. The van der Waals surface area contributed by atoms with Crippen molar-refractivity contribution in [2.75, 3.05) is 24.7 Å². The number of fused-ring (bicyclic) bond motifs is 1. The van der Waals surface area contributed by atoms with Crippen molar-refractivity contribution in [3.8, 4) is 17.3 Å². The summed E-state index contributed by atoms with van der Waals surface area (Å²) in [5.41, 5.74) is 0.708. The first kappa shape index (κ1) is 18.7. The zero-order valence-corrected chi connectivity index (χ0v) is 16.9. The zero-order chi connectivity index (χ0) is 21.2. The second-order valence-electron chi connectivity index (χ2n) is 8.71. The molecule has 0 spiro atoms. The molecular formula is C21H22FN7O2. The molecule has 3 aliphatic rings. The van der Waals surface area contributed by atoms with Gasteiger partial charge in [0, 0.05) is 24.9 Å². The summed E-state index contributed by atoms with van der Waals surface area (Å²) in [5, 5.41) is 29.6. The van der Waals surface area contributed by atoms with E-state index < -0.39 is 17.5 Å². The first-order valence-electron chi connectivity index (χ1n) is 10.6. The van der Waals surface area contributed by atoms with E-state index in [2.05, 4.69) is 16.3 Å². The van der Waals surface area contributed by atoms with E-state index in [-0.39, 0.29) is 17.5 Å². The lowest BCUT2D eigenvalue weighted by molar-refractivity contribution is 0.0778. The van der Waals surface area contributed by atoms with Crippen LogP contribution in [-0.2, 0) is 4.74 Å². The quantitative estimate of drug-likeness (QED) is 0.685. The number of hydrogen-bond acceptors (Lipinski definition) is 7. The number of aromatic nitrogens is 5. The minimum atomic E-state index is -1.04. The summed E-state index contributed by atoms with van der Waals surface area (Å²) in [6.07, 6.45) is 8.70. The van der Waals surface area contributed by atoms with E-state index in [4.69, 9.17) is 9.72 Å². The average Bonchev–Trinajstić information content (AvgIpc) is 3.18. The zero-order valence-electron chi connectivity index (χ0n) is 16.9. The van der Waals surface area contributed by atoms with Crippen molar-refractivity contribution >= 4 is 11.3 Å². The highest BCUT2D eigenvalue weighted by Gasteiger charge is 2.56. The fourth-order valence-corrected chi connectivity index (χ4v) is 4.98. The van der Waals surface area contributed by atoms with Gasteiger partial charge in [0.25, 0.3) is 0 Å². The fourth-order valence-electron chi connectivity index (χ4n) is 4.98. The molecule has 0 bridgehead atoms. The van der Waals surface area contributed by atoms with Gasteiger partial charge in [0.1, 0.15) is 17.2 Å². The van der Waals surface area contributed by atoms with Gasteiger partial charge in [0.15, 0.2) is 11.6 Å². The van der Waals surface area contributed by atoms with Crippen LogP contribution in [0.1, 0.15) is 31.7 Å². The van der Waals surface area contributed by atoms with Crippen LogP contribution in [0.5, 0.6) is 0 Å². The smallest absolute Gasteiger partial charge is 0.172 e. The summed E-state index contributed by atoms with van der Waals surface area (Å²) in [5.74, 6) is -0.0334. The molecule has 3 aromatic rings. The van der Waals surface area contributed by atoms with E-state index in [0.717, 1.165) is 37.6 Å². The number of hydrogen-bond donors (Lipinski definition) is 1. The van der Waals surface area contributed by atoms with Gasteiger partial charge in [0.2, 0.25) is 0 Å². The van der Waals surface area contributed by atoms with Crippen LogP contribution in [0.4, 0.5) is 10.2 Å². The second kappa shape index (κ2) is 6.73. The van der Waals surface area contributed by atoms with Gasteiger partial charge < -0.3 is 14.7 Å². The molecule has 0 radical (unpaired) electrons. The van der Waals surface area contributed by atoms with Crippen molar-refractivity contribution in [3.05, 3.63) is 30.6 Å². The molecule has 0 amide bonds. The number of rotatable bonds is 4. The van der Waals surface area contributed by atoms with Crippen molar-refractivity contribution in [2.45, 2.75) is 38.0 Å². The third kappa shape index (κ3) is 2.77. The minimum Gasteiger partial charge on any atom is -0.379 e. The van der Waals surface area contributed by atoms with Crippen LogP contribution in [0.15, 0.2) is 24.8 Å². The van der Waals surface area contributed by atoms with E-state index >= 15 is 0 Å². The van der Waals surface area contributed by atoms with Crippen molar-refractivity contribution in [2.24, 2.45) is 11.3 Å². The lowest BCUT2D eigenvalue weighted by Gasteiger charge is -2.29. The Balaban J connectivity index is 1.43. The fraction of sp³-hybridized carbons (Fsp3) is 0.524. The molecule has 1 unspecified atom stereocenters. The maximum absolute atomic E-state index is 14.6. The molecule has 10 heteroatoms. The maximum Gasteiger partial charge on any atom is 0.172 e. The molecule has 3 atom stereocenters. The van der Waals surface area contributed by atoms with Crippen molar-refractivity contribution in [1.29, 1.82) is 5.26 Å². The van der Waals surface area contributed by atoms with E-state index in [0.29, 0.717) is 31.1 Å². The maximum atomic E-state index is 14.6. The van der Waals surface area contributed by atoms with Crippen LogP contribution in [0, 0.1) is 28.5 Å². The summed E-state index contributed by atoms with van der Waals surface area (Å²) in [6, 6.07) is 2.55. The van der Waals surface area contributed by atoms with Crippen LogP contribution in [0.3, 0.4) is 0 Å². The molecule has 2 aliphatic heterocycles. The summed E-state index contributed by atoms with van der Waals surface area (Å²) in [4.78, 5) is 6.38. The molecule has 0 aromatic carbocycles. The summed E-state index contributed by atoms with van der Waals surface area (Å²) < 4.78 is 23.4. The first-order chi connectivity index (χ1) is 15.1. The van der Waals surface area contributed by atoms with E-state index in [1.54, 1.807) is 17.3 Å². The third-order valence-corrected chi connectivity index (χ3v) is 6.92. The van der Waals surface area contributed by atoms with Crippen molar-refractivity contribution in [1.82, 2.24) is 24.4 Å². The summed E-state index contributed by atoms with van der Waals surface area (Å²) in [6.45, 7) is 1.77. The normalized spacial score (nSPS) is 28.5. The molecule has 6 rings (SSSR count). The number of anilines is 1. The Bertz CT molecular complexity index is 1190. The Morgan fingerprint density at radius 2 is 2.10 bits per heavy atom. The highest BCUT2D eigenvalue weighted by Crippen LogP contribution is 2.54. The number of nitriles is 1. The van der Waals surface area contributed by atoms with Gasteiger partial charge in [-0.05, 0) is 31.6 Å². The van der Waals surface area contributed by atoms with E-state index in [1.165, 1.54) is 4.52 Å². The second-order valence-corrected chi connectivity index (χ2v) is 8.71. The predicted molar refractivity (Wildman–Crippen MR) is 107 cm³/mol. The number of halogens is 1. The SMILES string of the molecule is N#C[C@@]1(C2CC2)CCN(c2nc(-c3cnn([C@H]4CCOC4)c3)cn3ncc(F)c23)C1O. The molecule has 1 N–H and O–H groups in total. The molecule has 3 fully saturated rings. The molecule has 31 heavy (non-hydrogen) atoms. The topological polar surface area (TPSA) is 104 Å². The third-order valence-electron chi connectivity index (χ3n) is 6.92. The summed E-state index contributed by atoms with van der Waals surface area (Å²) in [7, 11) is 0. The van der Waals surface area contributed by atoms with Crippen LogP contribution in [0.2, 0.25) is 0 Å². The number of aliphatic hydroxyl groups excluding tert-OH is 1. The van der Waals surface area contributed by atoms with Gasteiger partial charge in [-0.15, -0.1) is 0 Å². The van der Waals surface area contributed by atoms with Crippen LogP contribution >= 0.6 is 0 Å². The van der Waals surface area contributed by atoms with Gasteiger partial charge in [-0.1, -0.05) is 0 Å². The van der Waals surface area contributed by atoms with Crippen molar-refractivity contribution in [3.63, 3.8) is 0 Å². The summed E-state index contributed by atoms with van der Waals surface area (Å²) >= 11 is 0. The Kier molecular flexibility index (Phi) is 4.07. The lowest BCUT2D eigenvalue weighted by Crippen LogP contribution is -2.41.